The summed E-state index contributed by atoms with van der Waals surface area (Å²) < 4.78 is 2.28. The molecule has 0 amide bonds. The van der Waals surface area contributed by atoms with E-state index < -0.39 is 0 Å². The van der Waals surface area contributed by atoms with E-state index in [0.717, 1.165) is 61.8 Å². The lowest BCUT2D eigenvalue weighted by atomic mass is 10.2. The highest BCUT2D eigenvalue weighted by Gasteiger charge is 2.21. The predicted molar refractivity (Wildman–Crippen MR) is 128 cm³/mol. The number of aliphatic imine (C=N–C) groups is 1. The van der Waals surface area contributed by atoms with Crippen LogP contribution in [0, 0.1) is 0 Å². The molecule has 1 N–H and O–H groups in total. The van der Waals surface area contributed by atoms with Gasteiger partial charge in [-0.1, -0.05) is 24.1 Å². The zero-order chi connectivity index (χ0) is 19.3. The molecular weight excluding hydrogens is 501 g/mol. The second-order valence-electron chi connectivity index (χ2n) is 7.35. The standard InChI is InChI=1S/C20H28ClN7.HI/c1-22-20(23-15-19-25-24-18-8-3-2-4-9-28(18)19)27-12-10-26(11-13-27)17-7-5-6-16(21)14-17;/h5-7,14H,2-4,8-13,15H2,1H3,(H,22,23);1H. The van der Waals surface area contributed by atoms with Crippen LogP contribution in [0.1, 0.15) is 30.9 Å². The van der Waals surface area contributed by atoms with E-state index in [1.807, 2.05) is 25.2 Å². The lowest BCUT2D eigenvalue weighted by Crippen LogP contribution is -2.52. The Bertz CT molecular complexity index is 830. The topological polar surface area (TPSA) is 61.6 Å². The van der Waals surface area contributed by atoms with Gasteiger partial charge < -0.3 is 19.7 Å². The van der Waals surface area contributed by atoms with E-state index in [1.165, 1.54) is 24.9 Å². The van der Waals surface area contributed by atoms with E-state index in [9.17, 15) is 0 Å². The van der Waals surface area contributed by atoms with Crippen LogP contribution < -0.4 is 10.2 Å². The van der Waals surface area contributed by atoms with Crippen molar-refractivity contribution >= 4 is 47.2 Å². The Hall–Kier alpha value is -1.55. The van der Waals surface area contributed by atoms with Gasteiger partial charge in [-0.25, -0.2) is 0 Å². The van der Waals surface area contributed by atoms with Crippen molar-refractivity contribution in [3.63, 3.8) is 0 Å². The molecule has 0 bridgehead atoms. The molecule has 4 rings (SSSR count). The van der Waals surface area contributed by atoms with Crippen LogP contribution in [-0.4, -0.2) is 58.9 Å². The van der Waals surface area contributed by atoms with Crippen molar-refractivity contribution in [2.75, 3.05) is 38.1 Å². The van der Waals surface area contributed by atoms with Crippen LogP contribution in [0.15, 0.2) is 29.3 Å². The number of rotatable bonds is 3. The number of aromatic nitrogens is 3. The average molecular weight is 530 g/mol. The first-order chi connectivity index (χ1) is 13.7. The molecule has 0 atom stereocenters. The summed E-state index contributed by atoms with van der Waals surface area (Å²) in [5, 5.41) is 13.1. The first kappa shape index (κ1) is 22.1. The van der Waals surface area contributed by atoms with Gasteiger partial charge in [-0.05, 0) is 31.0 Å². The van der Waals surface area contributed by atoms with E-state index in [1.54, 1.807) is 0 Å². The van der Waals surface area contributed by atoms with Crippen LogP contribution >= 0.6 is 35.6 Å². The number of aryl methyl sites for hydroxylation is 1. The monoisotopic (exact) mass is 529 g/mol. The van der Waals surface area contributed by atoms with Gasteiger partial charge in [-0.2, -0.15) is 0 Å². The molecule has 0 aliphatic carbocycles. The van der Waals surface area contributed by atoms with Gasteiger partial charge in [0.05, 0.1) is 6.54 Å². The third kappa shape index (κ3) is 5.33. The summed E-state index contributed by atoms with van der Waals surface area (Å²) >= 11 is 6.14. The first-order valence-corrected chi connectivity index (χ1v) is 10.5. The highest BCUT2D eigenvalue weighted by atomic mass is 127. The van der Waals surface area contributed by atoms with Gasteiger partial charge in [-0.15, -0.1) is 34.2 Å². The maximum absolute atomic E-state index is 6.14. The normalized spacial score (nSPS) is 17.4. The van der Waals surface area contributed by atoms with E-state index in [-0.39, 0.29) is 24.0 Å². The summed E-state index contributed by atoms with van der Waals surface area (Å²) in [6, 6.07) is 8.07. The Morgan fingerprint density at radius 3 is 2.69 bits per heavy atom. The zero-order valence-electron chi connectivity index (χ0n) is 16.8. The molecule has 2 aliphatic heterocycles. The third-order valence-corrected chi connectivity index (χ3v) is 5.79. The maximum Gasteiger partial charge on any atom is 0.194 e. The molecule has 2 aromatic rings. The summed E-state index contributed by atoms with van der Waals surface area (Å²) in [5.41, 5.74) is 1.18. The van der Waals surface area contributed by atoms with E-state index >= 15 is 0 Å². The molecule has 2 aliphatic rings. The number of nitrogens with zero attached hydrogens (tertiary/aromatic N) is 6. The van der Waals surface area contributed by atoms with Crippen molar-refractivity contribution in [3.05, 3.63) is 40.9 Å². The van der Waals surface area contributed by atoms with E-state index in [0.29, 0.717) is 6.54 Å². The van der Waals surface area contributed by atoms with Crippen molar-refractivity contribution in [3.8, 4) is 0 Å². The van der Waals surface area contributed by atoms with Gasteiger partial charge in [0.15, 0.2) is 11.8 Å². The molecule has 9 heteroatoms. The minimum atomic E-state index is 0. The molecule has 1 aromatic carbocycles. The first-order valence-electron chi connectivity index (χ1n) is 10.1. The molecule has 7 nitrogen and oxygen atoms in total. The number of halogens is 2. The molecule has 0 radical (unpaired) electrons. The fourth-order valence-electron chi connectivity index (χ4n) is 4.02. The van der Waals surface area contributed by atoms with Gasteiger partial charge in [0.25, 0.3) is 0 Å². The third-order valence-electron chi connectivity index (χ3n) is 5.56. The second-order valence-corrected chi connectivity index (χ2v) is 7.79. The Labute approximate surface area is 194 Å². The molecule has 158 valence electrons. The second kappa shape index (κ2) is 10.5. The predicted octanol–water partition coefficient (Wildman–Crippen LogP) is 3.17. The quantitative estimate of drug-likeness (QED) is 0.376. The molecule has 3 heterocycles. The van der Waals surface area contributed by atoms with Crippen LogP contribution in [0.5, 0.6) is 0 Å². The highest BCUT2D eigenvalue weighted by molar-refractivity contribution is 14.0. The minimum absolute atomic E-state index is 0. The maximum atomic E-state index is 6.14. The molecule has 1 aromatic heterocycles. The van der Waals surface area contributed by atoms with E-state index in [4.69, 9.17) is 11.6 Å². The summed E-state index contributed by atoms with van der Waals surface area (Å²) in [6.45, 7) is 5.42. The Balaban J connectivity index is 0.00000240. The summed E-state index contributed by atoms with van der Waals surface area (Å²) in [5.74, 6) is 3.06. The van der Waals surface area contributed by atoms with Crippen LogP contribution in [-0.2, 0) is 19.5 Å². The van der Waals surface area contributed by atoms with Gasteiger partial charge in [-0.3, -0.25) is 4.99 Å². The van der Waals surface area contributed by atoms with Crippen molar-refractivity contribution in [1.82, 2.24) is 25.0 Å². The smallest absolute Gasteiger partial charge is 0.194 e. The average Bonchev–Trinajstić information content (AvgIpc) is 2.95. The Morgan fingerprint density at radius 1 is 1.10 bits per heavy atom. The molecule has 0 saturated carbocycles. The van der Waals surface area contributed by atoms with Crippen LogP contribution in [0.3, 0.4) is 0 Å². The van der Waals surface area contributed by atoms with E-state index in [2.05, 4.69) is 40.9 Å². The van der Waals surface area contributed by atoms with Crippen LogP contribution in [0.4, 0.5) is 5.69 Å². The highest BCUT2D eigenvalue weighted by Crippen LogP contribution is 2.21. The zero-order valence-corrected chi connectivity index (χ0v) is 19.9. The number of nitrogens with one attached hydrogen (secondary N) is 1. The summed E-state index contributed by atoms with van der Waals surface area (Å²) in [7, 11) is 1.84. The minimum Gasteiger partial charge on any atom is -0.368 e. The van der Waals surface area contributed by atoms with Crippen molar-refractivity contribution in [2.24, 2.45) is 4.99 Å². The molecule has 1 fully saturated rings. The molecular formula is C20H29ClIN7. The number of hydrogen-bond acceptors (Lipinski definition) is 4. The number of fused-ring (bicyclic) bond motifs is 1. The lowest BCUT2D eigenvalue weighted by Gasteiger charge is -2.37. The number of hydrogen-bond donors (Lipinski definition) is 1. The number of guanidine groups is 1. The number of anilines is 1. The molecule has 0 spiro atoms. The Morgan fingerprint density at radius 2 is 1.93 bits per heavy atom. The number of piperazine rings is 1. The Kier molecular flexibility index (Phi) is 7.99. The number of benzene rings is 1. The van der Waals surface area contributed by atoms with Gasteiger partial charge in [0.2, 0.25) is 0 Å². The van der Waals surface area contributed by atoms with Crippen LogP contribution in [0.2, 0.25) is 5.02 Å². The van der Waals surface area contributed by atoms with Crippen molar-refractivity contribution < 1.29 is 0 Å². The van der Waals surface area contributed by atoms with Gasteiger partial charge in [0.1, 0.15) is 5.82 Å². The van der Waals surface area contributed by atoms with Crippen molar-refractivity contribution in [2.45, 2.75) is 38.8 Å². The fourth-order valence-corrected chi connectivity index (χ4v) is 4.20. The van der Waals surface area contributed by atoms with Gasteiger partial charge >= 0.3 is 0 Å². The van der Waals surface area contributed by atoms with Crippen LogP contribution in [0.25, 0.3) is 0 Å². The molecule has 0 unspecified atom stereocenters. The van der Waals surface area contributed by atoms with Gasteiger partial charge in [0, 0.05) is 56.9 Å². The lowest BCUT2D eigenvalue weighted by molar-refractivity contribution is 0.371. The largest absolute Gasteiger partial charge is 0.368 e. The molecule has 29 heavy (non-hydrogen) atoms. The SMILES string of the molecule is CN=C(NCc1nnc2n1CCCCC2)N1CCN(c2cccc(Cl)c2)CC1.I. The fraction of sp³-hybridized carbons (Fsp3) is 0.550. The van der Waals surface area contributed by atoms with Crippen molar-refractivity contribution in [1.29, 1.82) is 0 Å². The summed E-state index contributed by atoms with van der Waals surface area (Å²) in [6.07, 6.45) is 4.73. The summed E-state index contributed by atoms with van der Waals surface area (Å²) in [4.78, 5) is 9.16. The molecule has 1 saturated heterocycles.